The van der Waals surface area contributed by atoms with Crippen LogP contribution in [0.15, 0.2) is 23.8 Å². The molecule has 2 rings (SSSR count). The second kappa shape index (κ2) is 9.03. The van der Waals surface area contributed by atoms with E-state index in [4.69, 9.17) is 4.74 Å². The van der Waals surface area contributed by atoms with Gasteiger partial charge in [-0.3, -0.25) is 4.79 Å². The minimum absolute atomic E-state index is 0.0652. The molecule has 0 bridgehead atoms. The van der Waals surface area contributed by atoms with Gasteiger partial charge in [-0.2, -0.15) is 0 Å². The van der Waals surface area contributed by atoms with Gasteiger partial charge in [0.25, 0.3) is 0 Å². The Balaban J connectivity index is 2.08. The van der Waals surface area contributed by atoms with Gasteiger partial charge in [-0.15, -0.1) is 0 Å². The number of rotatable bonds is 7. The van der Waals surface area contributed by atoms with E-state index in [0.29, 0.717) is 13.0 Å². The van der Waals surface area contributed by atoms with Crippen LogP contribution in [0.2, 0.25) is 0 Å². The van der Waals surface area contributed by atoms with Crippen molar-refractivity contribution < 1.29 is 9.53 Å². The smallest absolute Gasteiger partial charge is 0.305 e. The number of carbonyl (C=O) groups is 1. The van der Waals surface area contributed by atoms with Crippen LogP contribution in [0.25, 0.3) is 5.57 Å². The van der Waals surface area contributed by atoms with E-state index in [1.807, 2.05) is 6.92 Å². The zero-order valence-electron chi connectivity index (χ0n) is 15.7. The predicted molar refractivity (Wildman–Crippen MR) is 100 cm³/mol. The normalized spacial score (nSPS) is 15.7. The number of nitrogens with zero attached hydrogens (tertiary/aromatic N) is 1. The zero-order chi connectivity index (χ0) is 17.5. The largest absolute Gasteiger partial charge is 0.466 e. The quantitative estimate of drug-likeness (QED) is 0.544. The highest BCUT2D eigenvalue weighted by atomic mass is 16.5. The van der Waals surface area contributed by atoms with Gasteiger partial charge in [0.15, 0.2) is 0 Å². The fourth-order valence-corrected chi connectivity index (χ4v) is 3.39. The Morgan fingerprint density at radius 2 is 2.04 bits per heavy atom. The van der Waals surface area contributed by atoms with E-state index < -0.39 is 0 Å². The van der Waals surface area contributed by atoms with Crippen LogP contribution in [0.4, 0.5) is 0 Å². The number of likely N-dealkylation sites (N-methyl/N-ethyl adjacent to an activating group) is 1. The summed E-state index contributed by atoms with van der Waals surface area (Å²) in [6, 6.07) is 6.73. The lowest BCUT2D eigenvalue weighted by Crippen LogP contribution is -2.27. The molecule has 0 saturated carbocycles. The molecule has 24 heavy (non-hydrogen) atoms. The topological polar surface area (TPSA) is 29.5 Å². The van der Waals surface area contributed by atoms with Crippen LogP contribution in [0.1, 0.15) is 55.7 Å². The van der Waals surface area contributed by atoms with Gasteiger partial charge in [-0.05, 0) is 70.2 Å². The maximum Gasteiger partial charge on any atom is 0.305 e. The molecule has 0 fully saturated rings. The van der Waals surface area contributed by atoms with Gasteiger partial charge in [0, 0.05) is 19.5 Å². The van der Waals surface area contributed by atoms with E-state index in [0.717, 1.165) is 38.8 Å². The van der Waals surface area contributed by atoms with Crippen LogP contribution in [0.5, 0.6) is 0 Å². The maximum absolute atomic E-state index is 11.5. The average Bonchev–Trinajstić information content (AvgIpc) is 2.55. The van der Waals surface area contributed by atoms with E-state index in [1.54, 1.807) is 5.57 Å². The Hall–Kier alpha value is -1.61. The van der Waals surface area contributed by atoms with Crippen LogP contribution in [-0.4, -0.2) is 37.6 Å². The third-order valence-electron chi connectivity index (χ3n) is 4.78. The molecule has 3 nitrogen and oxygen atoms in total. The number of hydrogen-bond donors (Lipinski definition) is 0. The van der Waals surface area contributed by atoms with Gasteiger partial charge in [0.1, 0.15) is 0 Å². The summed E-state index contributed by atoms with van der Waals surface area (Å²) < 4.78 is 5.01. The van der Waals surface area contributed by atoms with Gasteiger partial charge in [0.2, 0.25) is 0 Å². The molecule has 1 aromatic rings. The van der Waals surface area contributed by atoms with E-state index >= 15 is 0 Å². The lowest BCUT2D eigenvalue weighted by atomic mass is 9.88. The van der Waals surface area contributed by atoms with E-state index in [1.165, 1.54) is 22.3 Å². The van der Waals surface area contributed by atoms with Crippen molar-refractivity contribution in [2.75, 3.05) is 26.7 Å². The third kappa shape index (κ3) is 5.20. The van der Waals surface area contributed by atoms with Crippen molar-refractivity contribution in [1.29, 1.82) is 0 Å². The second-order valence-electron chi connectivity index (χ2n) is 6.90. The molecule has 0 atom stereocenters. The van der Waals surface area contributed by atoms with Crippen LogP contribution >= 0.6 is 0 Å². The summed E-state index contributed by atoms with van der Waals surface area (Å²) in [5, 5.41) is 0. The first-order chi connectivity index (χ1) is 11.5. The first-order valence-electron chi connectivity index (χ1n) is 9.14. The molecule has 0 radical (unpaired) electrons. The molecule has 0 amide bonds. The minimum atomic E-state index is -0.0652. The van der Waals surface area contributed by atoms with Crippen LogP contribution in [-0.2, 0) is 9.53 Å². The molecule has 0 N–H and O–H groups in total. The molecule has 1 aliphatic heterocycles. The summed E-state index contributed by atoms with van der Waals surface area (Å²) >= 11 is 0. The summed E-state index contributed by atoms with van der Waals surface area (Å²) in [5.41, 5.74) is 7.15. The summed E-state index contributed by atoms with van der Waals surface area (Å²) in [5.74, 6) is -0.0652. The molecule has 1 heterocycles. The van der Waals surface area contributed by atoms with E-state index in [9.17, 15) is 4.79 Å². The van der Waals surface area contributed by atoms with Crippen LogP contribution < -0.4 is 0 Å². The Morgan fingerprint density at radius 1 is 1.25 bits per heavy atom. The maximum atomic E-state index is 11.5. The minimum Gasteiger partial charge on any atom is -0.466 e. The summed E-state index contributed by atoms with van der Waals surface area (Å²) in [6.07, 6.45) is 4.75. The predicted octanol–water partition coefficient (Wildman–Crippen LogP) is 4.52. The van der Waals surface area contributed by atoms with Crippen molar-refractivity contribution in [3.8, 4) is 0 Å². The van der Waals surface area contributed by atoms with E-state index in [2.05, 4.69) is 44.0 Å². The average molecular weight is 329 g/mol. The molecule has 1 aromatic carbocycles. The molecule has 0 unspecified atom stereocenters. The second-order valence-corrected chi connectivity index (χ2v) is 6.90. The van der Waals surface area contributed by atoms with Crippen LogP contribution in [0, 0.1) is 13.8 Å². The van der Waals surface area contributed by atoms with Crippen molar-refractivity contribution in [2.45, 2.75) is 52.9 Å². The number of carbonyl (C=O) groups excluding carboxylic acids is 1. The fraction of sp³-hybridized carbons (Fsp3) is 0.571. The van der Waals surface area contributed by atoms with Gasteiger partial charge >= 0.3 is 5.97 Å². The molecule has 0 spiro atoms. The Bertz CT molecular complexity index is 604. The number of ether oxygens (including phenoxy) is 1. The molecule has 132 valence electrons. The van der Waals surface area contributed by atoms with E-state index in [-0.39, 0.29) is 5.97 Å². The van der Waals surface area contributed by atoms with Crippen molar-refractivity contribution in [2.24, 2.45) is 0 Å². The summed E-state index contributed by atoms with van der Waals surface area (Å²) in [6.45, 7) is 8.85. The third-order valence-corrected chi connectivity index (χ3v) is 4.78. The fourth-order valence-electron chi connectivity index (χ4n) is 3.39. The van der Waals surface area contributed by atoms with Gasteiger partial charge in [0.05, 0.1) is 6.61 Å². The van der Waals surface area contributed by atoms with Crippen molar-refractivity contribution in [1.82, 2.24) is 4.90 Å². The number of esters is 1. The van der Waals surface area contributed by atoms with Crippen LogP contribution in [0.3, 0.4) is 0 Å². The first kappa shape index (κ1) is 18.7. The Labute approximate surface area is 146 Å². The molecular formula is C21H31NO2. The van der Waals surface area contributed by atoms with Gasteiger partial charge in [-0.1, -0.05) is 29.3 Å². The first-order valence-corrected chi connectivity index (χ1v) is 9.14. The zero-order valence-corrected chi connectivity index (χ0v) is 15.7. The standard InChI is InChI=1S/C21H31NO2/c1-5-24-21(23)9-7-6-8-18-12-13-22(4)15-20(18)19-14-16(2)10-11-17(19)3/h10-11,14H,5-9,12-13,15H2,1-4H3. The highest BCUT2D eigenvalue weighted by molar-refractivity contribution is 5.73. The molecular weight excluding hydrogens is 298 g/mol. The van der Waals surface area contributed by atoms with Crippen molar-refractivity contribution >= 4 is 11.5 Å². The lowest BCUT2D eigenvalue weighted by molar-refractivity contribution is -0.143. The number of benzene rings is 1. The van der Waals surface area contributed by atoms with Crippen molar-refractivity contribution in [3.63, 3.8) is 0 Å². The number of hydrogen-bond acceptors (Lipinski definition) is 3. The molecule has 0 aromatic heterocycles. The SMILES string of the molecule is CCOC(=O)CCCCC1=C(c2cc(C)ccc2C)CN(C)CC1. The summed E-state index contributed by atoms with van der Waals surface area (Å²) in [7, 11) is 2.20. The number of unbranched alkanes of at least 4 members (excludes halogenated alkanes) is 1. The van der Waals surface area contributed by atoms with Crippen molar-refractivity contribution in [3.05, 3.63) is 40.5 Å². The summed E-state index contributed by atoms with van der Waals surface area (Å²) in [4.78, 5) is 13.9. The highest BCUT2D eigenvalue weighted by Crippen LogP contribution is 2.31. The Kier molecular flexibility index (Phi) is 7.04. The van der Waals surface area contributed by atoms with Gasteiger partial charge < -0.3 is 9.64 Å². The lowest BCUT2D eigenvalue weighted by Gasteiger charge is -2.29. The van der Waals surface area contributed by atoms with Gasteiger partial charge in [-0.25, -0.2) is 0 Å². The molecule has 1 aliphatic rings. The number of aryl methyl sites for hydroxylation is 2. The molecule has 3 heteroatoms. The Morgan fingerprint density at radius 3 is 2.79 bits per heavy atom. The molecule has 0 aliphatic carbocycles. The molecule has 0 saturated heterocycles. The monoisotopic (exact) mass is 329 g/mol. The highest BCUT2D eigenvalue weighted by Gasteiger charge is 2.19.